The van der Waals surface area contributed by atoms with Crippen LogP contribution in [-0.2, 0) is 0 Å². The molecule has 0 fully saturated rings. The Labute approximate surface area is 143 Å². The molecule has 2 amide bonds. The number of methoxy groups -OCH3 is 2. The molecular formula is C19H24N2O3. The molecule has 5 nitrogen and oxygen atoms in total. The van der Waals surface area contributed by atoms with Gasteiger partial charge in [-0.15, -0.1) is 0 Å². The molecule has 0 spiro atoms. The maximum atomic E-state index is 12.5. The summed E-state index contributed by atoms with van der Waals surface area (Å²) in [5.41, 5.74) is 3.51. The van der Waals surface area contributed by atoms with Crippen molar-refractivity contribution in [3.63, 3.8) is 0 Å². The number of anilines is 2. The van der Waals surface area contributed by atoms with Crippen LogP contribution in [0.2, 0.25) is 0 Å². The number of urea groups is 1. The summed E-state index contributed by atoms with van der Waals surface area (Å²) < 4.78 is 10.5. The molecule has 2 aromatic carbocycles. The highest BCUT2D eigenvalue weighted by Gasteiger charge is 2.14. The molecule has 2 N–H and O–H groups in total. The van der Waals surface area contributed by atoms with E-state index in [1.54, 1.807) is 32.4 Å². The van der Waals surface area contributed by atoms with Gasteiger partial charge in [0.15, 0.2) is 0 Å². The standard InChI is InChI=1S/C19H24N2O3/c1-12(2)15-8-6-7-13(3)18(15)21-19(22)20-16-11-14(23-4)9-10-17(16)24-5/h6-12H,1-5H3,(H2,20,21,22). The Hall–Kier alpha value is -2.69. The first kappa shape index (κ1) is 17.7. The Morgan fingerprint density at radius 3 is 2.42 bits per heavy atom. The highest BCUT2D eigenvalue weighted by Crippen LogP contribution is 2.30. The normalized spacial score (nSPS) is 10.4. The monoisotopic (exact) mass is 328 g/mol. The summed E-state index contributed by atoms with van der Waals surface area (Å²) in [6.07, 6.45) is 0. The molecule has 0 atom stereocenters. The number of ether oxygens (including phenoxy) is 2. The van der Waals surface area contributed by atoms with Crippen molar-refractivity contribution < 1.29 is 14.3 Å². The van der Waals surface area contributed by atoms with E-state index in [0.717, 1.165) is 16.8 Å². The molecule has 128 valence electrons. The van der Waals surface area contributed by atoms with E-state index in [-0.39, 0.29) is 6.03 Å². The van der Waals surface area contributed by atoms with E-state index in [9.17, 15) is 4.79 Å². The van der Waals surface area contributed by atoms with Crippen molar-refractivity contribution in [2.75, 3.05) is 24.9 Å². The first-order chi connectivity index (χ1) is 11.5. The van der Waals surface area contributed by atoms with Gasteiger partial charge < -0.3 is 20.1 Å². The number of para-hydroxylation sites is 1. The minimum Gasteiger partial charge on any atom is -0.497 e. The molecule has 0 heterocycles. The van der Waals surface area contributed by atoms with Gasteiger partial charge >= 0.3 is 6.03 Å². The fraction of sp³-hybridized carbons (Fsp3) is 0.316. The Kier molecular flexibility index (Phi) is 5.68. The van der Waals surface area contributed by atoms with Gasteiger partial charge in [0.25, 0.3) is 0 Å². The van der Waals surface area contributed by atoms with Gasteiger partial charge in [0.1, 0.15) is 11.5 Å². The summed E-state index contributed by atoms with van der Waals surface area (Å²) >= 11 is 0. The number of carbonyl (C=O) groups excluding carboxylic acids is 1. The van der Waals surface area contributed by atoms with Gasteiger partial charge in [-0.3, -0.25) is 0 Å². The molecule has 0 aromatic heterocycles. The number of rotatable bonds is 5. The van der Waals surface area contributed by atoms with Gasteiger partial charge in [0.05, 0.1) is 19.9 Å². The molecule has 0 aliphatic carbocycles. The van der Waals surface area contributed by atoms with Crippen molar-refractivity contribution >= 4 is 17.4 Å². The van der Waals surface area contributed by atoms with Crippen LogP contribution in [0.15, 0.2) is 36.4 Å². The van der Waals surface area contributed by atoms with Gasteiger partial charge in [-0.05, 0) is 36.1 Å². The van der Waals surface area contributed by atoms with Crippen LogP contribution < -0.4 is 20.1 Å². The summed E-state index contributed by atoms with van der Waals surface area (Å²) in [5.74, 6) is 1.52. The maximum Gasteiger partial charge on any atom is 0.323 e. The van der Waals surface area contributed by atoms with E-state index in [1.807, 2.05) is 25.1 Å². The van der Waals surface area contributed by atoms with Crippen molar-refractivity contribution in [3.05, 3.63) is 47.5 Å². The molecule has 2 aromatic rings. The summed E-state index contributed by atoms with van der Waals surface area (Å²) in [6, 6.07) is 10.9. The van der Waals surface area contributed by atoms with Crippen molar-refractivity contribution in [2.24, 2.45) is 0 Å². The van der Waals surface area contributed by atoms with Gasteiger partial charge in [0, 0.05) is 11.8 Å². The van der Waals surface area contributed by atoms with Crippen LogP contribution in [0.5, 0.6) is 11.5 Å². The van der Waals surface area contributed by atoms with E-state index in [0.29, 0.717) is 23.1 Å². The first-order valence-electron chi connectivity index (χ1n) is 7.85. The number of amides is 2. The Bertz CT molecular complexity index is 727. The summed E-state index contributed by atoms with van der Waals surface area (Å²) in [6.45, 7) is 6.18. The number of nitrogens with one attached hydrogen (secondary N) is 2. The van der Waals surface area contributed by atoms with Crippen molar-refractivity contribution in [3.8, 4) is 11.5 Å². The lowest BCUT2D eigenvalue weighted by molar-refractivity contribution is 0.262. The van der Waals surface area contributed by atoms with Crippen LogP contribution in [0, 0.1) is 6.92 Å². The number of benzene rings is 2. The lowest BCUT2D eigenvalue weighted by Crippen LogP contribution is -2.21. The SMILES string of the molecule is COc1ccc(OC)c(NC(=O)Nc2c(C)cccc2C(C)C)c1. The number of carbonyl (C=O) groups is 1. The zero-order valence-corrected chi connectivity index (χ0v) is 14.8. The Morgan fingerprint density at radius 2 is 1.79 bits per heavy atom. The van der Waals surface area contributed by atoms with E-state index in [4.69, 9.17) is 9.47 Å². The number of aryl methyl sites for hydroxylation is 1. The second-order valence-corrected chi connectivity index (χ2v) is 5.84. The van der Waals surface area contributed by atoms with E-state index in [1.165, 1.54) is 0 Å². The highest BCUT2D eigenvalue weighted by molar-refractivity contribution is 6.01. The van der Waals surface area contributed by atoms with Gasteiger partial charge in [0.2, 0.25) is 0 Å². The van der Waals surface area contributed by atoms with Crippen molar-refractivity contribution in [2.45, 2.75) is 26.7 Å². The van der Waals surface area contributed by atoms with Crippen LogP contribution in [0.4, 0.5) is 16.2 Å². The predicted molar refractivity (Wildman–Crippen MR) is 97.5 cm³/mol. The molecule has 24 heavy (non-hydrogen) atoms. The third kappa shape index (κ3) is 3.98. The summed E-state index contributed by atoms with van der Waals surface area (Å²) in [5, 5.41) is 5.77. The average Bonchev–Trinajstić information content (AvgIpc) is 2.56. The Balaban J connectivity index is 2.23. The van der Waals surface area contributed by atoms with E-state index >= 15 is 0 Å². The molecule has 5 heteroatoms. The molecule has 0 radical (unpaired) electrons. The number of hydrogen-bond donors (Lipinski definition) is 2. The fourth-order valence-corrected chi connectivity index (χ4v) is 2.52. The number of hydrogen-bond acceptors (Lipinski definition) is 3. The van der Waals surface area contributed by atoms with Crippen LogP contribution in [0.25, 0.3) is 0 Å². The lowest BCUT2D eigenvalue weighted by atomic mass is 9.98. The van der Waals surface area contributed by atoms with Crippen LogP contribution in [-0.4, -0.2) is 20.3 Å². The van der Waals surface area contributed by atoms with Gasteiger partial charge in [-0.25, -0.2) is 4.79 Å². The van der Waals surface area contributed by atoms with Crippen LogP contribution in [0.1, 0.15) is 30.9 Å². The second kappa shape index (κ2) is 7.73. The van der Waals surface area contributed by atoms with Gasteiger partial charge in [-0.2, -0.15) is 0 Å². The van der Waals surface area contributed by atoms with Crippen LogP contribution in [0.3, 0.4) is 0 Å². The lowest BCUT2D eigenvalue weighted by Gasteiger charge is -2.17. The summed E-state index contributed by atoms with van der Waals surface area (Å²) in [4.78, 5) is 12.5. The minimum absolute atomic E-state index is 0.312. The largest absolute Gasteiger partial charge is 0.497 e. The smallest absolute Gasteiger partial charge is 0.323 e. The highest BCUT2D eigenvalue weighted by atomic mass is 16.5. The predicted octanol–water partition coefficient (Wildman–Crippen LogP) is 4.78. The Morgan fingerprint density at radius 1 is 1.04 bits per heavy atom. The van der Waals surface area contributed by atoms with E-state index < -0.39 is 0 Å². The zero-order chi connectivity index (χ0) is 17.7. The molecule has 2 rings (SSSR count). The van der Waals surface area contributed by atoms with Crippen molar-refractivity contribution in [1.82, 2.24) is 0 Å². The molecule has 0 bridgehead atoms. The molecule has 0 saturated carbocycles. The van der Waals surface area contributed by atoms with Gasteiger partial charge in [-0.1, -0.05) is 32.0 Å². The molecular weight excluding hydrogens is 304 g/mol. The summed E-state index contributed by atoms with van der Waals surface area (Å²) in [7, 11) is 3.14. The third-order valence-corrected chi connectivity index (χ3v) is 3.82. The topological polar surface area (TPSA) is 59.6 Å². The van der Waals surface area contributed by atoms with Crippen molar-refractivity contribution in [1.29, 1.82) is 0 Å². The molecule has 0 saturated heterocycles. The van der Waals surface area contributed by atoms with E-state index in [2.05, 4.69) is 24.5 Å². The average molecular weight is 328 g/mol. The molecule has 0 aliphatic heterocycles. The quantitative estimate of drug-likeness (QED) is 0.830. The fourth-order valence-electron chi connectivity index (χ4n) is 2.52. The first-order valence-corrected chi connectivity index (χ1v) is 7.85. The minimum atomic E-state index is -0.322. The maximum absolute atomic E-state index is 12.5. The molecule has 0 aliphatic rings. The molecule has 0 unspecified atom stereocenters. The third-order valence-electron chi connectivity index (χ3n) is 3.82. The second-order valence-electron chi connectivity index (χ2n) is 5.84. The van der Waals surface area contributed by atoms with Crippen LogP contribution >= 0.6 is 0 Å². The zero-order valence-electron chi connectivity index (χ0n) is 14.8.